The quantitative estimate of drug-likeness (QED) is 0.868. The van der Waals surface area contributed by atoms with Crippen LogP contribution in [0.4, 0.5) is 5.69 Å². The van der Waals surface area contributed by atoms with Crippen molar-refractivity contribution in [3.05, 3.63) is 51.7 Å². The predicted octanol–water partition coefficient (Wildman–Crippen LogP) is 2.70. The maximum atomic E-state index is 11.0. The van der Waals surface area contributed by atoms with E-state index in [1.165, 1.54) is 10.4 Å². The molecule has 0 bridgehead atoms. The van der Waals surface area contributed by atoms with Gasteiger partial charge in [-0.3, -0.25) is 4.79 Å². The van der Waals surface area contributed by atoms with E-state index in [9.17, 15) is 4.79 Å². The second-order valence-corrected chi connectivity index (χ2v) is 5.18. The van der Waals surface area contributed by atoms with Gasteiger partial charge in [0.15, 0.2) is 0 Å². The van der Waals surface area contributed by atoms with Crippen LogP contribution in [0.5, 0.6) is 0 Å². The van der Waals surface area contributed by atoms with Crippen molar-refractivity contribution in [1.82, 2.24) is 0 Å². The molecule has 1 aromatic carbocycles. The van der Waals surface area contributed by atoms with Crippen LogP contribution in [0.2, 0.25) is 0 Å². The number of hydrogen-bond acceptors (Lipinski definition) is 3. The van der Waals surface area contributed by atoms with E-state index in [2.05, 4.69) is 23.7 Å². The average Bonchev–Trinajstić information content (AvgIpc) is 2.73. The number of nitrogens with one attached hydrogen (secondary N) is 1. The van der Waals surface area contributed by atoms with Crippen molar-refractivity contribution in [3.63, 3.8) is 0 Å². The molecule has 3 nitrogen and oxygen atoms in total. The van der Waals surface area contributed by atoms with Gasteiger partial charge in [-0.25, -0.2) is 0 Å². The monoisotopic (exact) mass is 260 g/mol. The molecule has 18 heavy (non-hydrogen) atoms. The SMILES string of the molecule is Cc1ccsc1CNc1ccccc1CC(N)=O. The number of para-hydroxylation sites is 1. The molecule has 4 heteroatoms. The zero-order valence-electron chi connectivity index (χ0n) is 10.3. The minimum Gasteiger partial charge on any atom is -0.380 e. The van der Waals surface area contributed by atoms with E-state index in [0.717, 1.165) is 17.8 Å². The number of anilines is 1. The van der Waals surface area contributed by atoms with Gasteiger partial charge in [0.05, 0.1) is 6.42 Å². The summed E-state index contributed by atoms with van der Waals surface area (Å²) in [6.45, 7) is 2.88. The van der Waals surface area contributed by atoms with Crippen molar-refractivity contribution < 1.29 is 4.79 Å². The van der Waals surface area contributed by atoms with Gasteiger partial charge in [0.1, 0.15) is 0 Å². The number of primary amides is 1. The van der Waals surface area contributed by atoms with E-state index in [4.69, 9.17) is 5.73 Å². The predicted molar refractivity (Wildman–Crippen MR) is 75.7 cm³/mol. The van der Waals surface area contributed by atoms with Crippen LogP contribution in [0.25, 0.3) is 0 Å². The second-order valence-electron chi connectivity index (χ2n) is 4.18. The van der Waals surface area contributed by atoms with Gasteiger partial charge in [0.25, 0.3) is 0 Å². The molecule has 0 unspecified atom stereocenters. The number of carbonyl (C=O) groups excluding carboxylic acids is 1. The summed E-state index contributed by atoms with van der Waals surface area (Å²) in [5, 5.41) is 5.45. The highest BCUT2D eigenvalue weighted by molar-refractivity contribution is 7.10. The molecule has 0 aliphatic heterocycles. The fourth-order valence-electron chi connectivity index (χ4n) is 1.80. The van der Waals surface area contributed by atoms with Crippen molar-refractivity contribution in [2.24, 2.45) is 5.73 Å². The lowest BCUT2D eigenvalue weighted by molar-refractivity contribution is -0.117. The number of benzene rings is 1. The van der Waals surface area contributed by atoms with Gasteiger partial charge in [-0.2, -0.15) is 0 Å². The van der Waals surface area contributed by atoms with Crippen LogP contribution in [-0.4, -0.2) is 5.91 Å². The highest BCUT2D eigenvalue weighted by atomic mass is 32.1. The van der Waals surface area contributed by atoms with Crippen molar-refractivity contribution >= 4 is 22.9 Å². The molecule has 1 amide bonds. The smallest absolute Gasteiger partial charge is 0.221 e. The van der Waals surface area contributed by atoms with Gasteiger partial charge in [0.2, 0.25) is 5.91 Å². The Balaban J connectivity index is 2.09. The maximum Gasteiger partial charge on any atom is 0.221 e. The Kier molecular flexibility index (Phi) is 3.99. The Morgan fingerprint density at radius 2 is 2.11 bits per heavy atom. The summed E-state index contributed by atoms with van der Waals surface area (Å²) >= 11 is 1.73. The second kappa shape index (κ2) is 5.69. The molecule has 0 radical (unpaired) electrons. The topological polar surface area (TPSA) is 55.1 Å². The highest BCUT2D eigenvalue weighted by Crippen LogP contribution is 2.20. The molecular formula is C14H16N2OS. The first-order valence-electron chi connectivity index (χ1n) is 5.80. The summed E-state index contributed by atoms with van der Waals surface area (Å²) in [5.74, 6) is -0.309. The minimum absolute atomic E-state index is 0.270. The van der Waals surface area contributed by atoms with Gasteiger partial charge in [-0.05, 0) is 35.6 Å². The fourth-order valence-corrected chi connectivity index (χ4v) is 2.64. The van der Waals surface area contributed by atoms with Crippen molar-refractivity contribution in [1.29, 1.82) is 0 Å². The first kappa shape index (κ1) is 12.6. The van der Waals surface area contributed by atoms with E-state index >= 15 is 0 Å². The van der Waals surface area contributed by atoms with Crippen LogP contribution < -0.4 is 11.1 Å². The van der Waals surface area contributed by atoms with E-state index in [1.807, 2.05) is 24.3 Å². The number of carbonyl (C=O) groups is 1. The summed E-state index contributed by atoms with van der Waals surface area (Å²) in [5.41, 5.74) is 8.45. The van der Waals surface area contributed by atoms with Gasteiger partial charge < -0.3 is 11.1 Å². The van der Waals surface area contributed by atoms with Crippen LogP contribution >= 0.6 is 11.3 Å². The third kappa shape index (κ3) is 3.11. The largest absolute Gasteiger partial charge is 0.380 e. The molecule has 2 aromatic rings. The van der Waals surface area contributed by atoms with E-state index in [-0.39, 0.29) is 12.3 Å². The van der Waals surface area contributed by atoms with Crippen LogP contribution in [0.3, 0.4) is 0 Å². The maximum absolute atomic E-state index is 11.0. The van der Waals surface area contributed by atoms with Gasteiger partial charge >= 0.3 is 0 Å². The number of aryl methyl sites for hydroxylation is 1. The highest BCUT2D eigenvalue weighted by Gasteiger charge is 2.05. The molecule has 0 saturated heterocycles. The normalized spacial score (nSPS) is 10.3. The molecule has 0 fully saturated rings. The van der Waals surface area contributed by atoms with E-state index in [0.29, 0.717) is 0 Å². The van der Waals surface area contributed by atoms with Crippen molar-refractivity contribution in [2.45, 2.75) is 19.9 Å². The summed E-state index contributed by atoms with van der Waals surface area (Å²) in [4.78, 5) is 12.3. The Labute approximate surface area is 111 Å². The molecule has 0 atom stereocenters. The molecule has 1 aromatic heterocycles. The Morgan fingerprint density at radius 3 is 2.78 bits per heavy atom. The standard InChI is InChI=1S/C14H16N2OS/c1-10-6-7-18-13(10)9-16-12-5-3-2-4-11(12)8-14(15)17/h2-7,16H,8-9H2,1H3,(H2,15,17). The Hall–Kier alpha value is -1.81. The molecule has 0 spiro atoms. The van der Waals surface area contributed by atoms with Crippen LogP contribution in [0.1, 0.15) is 16.0 Å². The third-order valence-electron chi connectivity index (χ3n) is 2.79. The lowest BCUT2D eigenvalue weighted by Crippen LogP contribution is -2.15. The summed E-state index contributed by atoms with van der Waals surface area (Å²) in [7, 11) is 0. The molecule has 0 aliphatic carbocycles. The molecule has 0 saturated carbocycles. The van der Waals surface area contributed by atoms with E-state index in [1.54, 1.807) is 11.3 Å². The number of amides is 1. The molecule has 3 N–H and O–H groups in total. The zero-order chi connectivity index (χ0) is 13.0. The van der Waals surface area contributed by atoms with Crippen molar-refractivity contribution in [2.75, 3.05) is 5.32 Å². The summed E-state index contributed by atoms with van der Waals surface area (Å²) in [6, 6.07) is 9.88. The van der Waals surface area contributed by atoms with Gasteiger partial charge in [0, 0.05) is 17.1 Å². The van der Waals surface area contributed by atoms with Crippen LogP contribution in [-0.2, 0) is 17.8 Å². The molecule has 94 valence electrons. The number of nitrogens with two attached hydrogens (primary N) is 1. The first-order valence-corrected chi connectivity index (χ1v) is 6.68. The van der Waals surface area contributed by atoms with Crippen LogP contribution in [0, 0.1) is 6.92 Å². The molecule has 2 rings (SSSR count). The zero-order valence-corrected chi connectivity index (χ0v) is 11.1. The third-order valence-corrected chi connectivity index (χ3v) is 3.81. The molecule has 0 aliphatic rings. The molecular weight excluding hydrogens is 244 g/mol. The lowest BCUT2D eigenvalue weighted by Gasteiger charge is -2.10. The Bertz CT molecular complexity index is 548. The Morgan fingerprint density at radius 1 is 1.33 bits per heavy atom. The van der Waals surface area contributed by atoms with E-state index < -0.39 is 0 Å². The summed E-state index contributed by atoms with van der Waals surface area (Å²) in [6.07, 6.45) is 0.270. The minimum atomic E-state index is -0.309. The molecule has 1 heterocycles. The summed E-state index contributed by atoms with van der Waals surface area (Å²) < 4.78 is 0. The average molecular weight is 260 g/mol. The lowest BCUT2D eigenvalue weighted by atomic mass is 10.1. The van der Waals surface area contributed by atoms with Crippen LogP contribution in [0.15, 0.2) is 35.7 Å². The van der Waals surface area contributed by atoms with Gasteiger partial charge in [-0.1, -0.05) is 18.2 Å². The number of rotatable bonds is 5. The first-order chi connectivity index (χ1) is 8.66. The van der Waals surface area contributed by atoms with Gasteiger partial charge in [-0.15, -0.1) is 11.3 Å². The van der Waals surface area contributed by atoms with Crippen molar-refractivity contribution in [3.8, 4) is 0 Å². The number of thiophene rings is 1. The fraction of sp³-hybridized carbons (Fsp3) is 0.214. The number of hydrogen-bond donors (Lipinski definition) is 2.